The Morgan fingerprint density at radius 1 is 1.00 bits per heavy atom. The molecule has 4 amide bonds. The van der Waals surface area contributed by atoms with Crippen LogP contribution in [0.1, 0.15) is 25.3 Å². The lowest BCUT2D eigenvalue weighted by Gasteiger charge is -2.41. The summed E-state index contributed by atoms with van der Waals surface area (Å²) in [5.74, 6) is -0.995. The number of phenolic OH excluding ortho intramolecular Hbond substituents is 1. The van der Waals surface area contributed by atoms with Gasteiger partial charge < -0.3 is 5.11 Å². The molecule has 1 fully saturated rings. The average Bonchev–Trinajstić information content (AvgIpc) is 2.49. The van der Waals surface area contributed by atoms with E-state index in [2.05, 4.69) is 0 Å². The van der Waals surface area contributed by atoms with E-state index < -0.39 is 23.3 Å². The number of hydrogen-bond donors (Lipinski definition) is 1. The summed E-state index contributed by atoms with van der Waals surface area (Å²) in [7, 11) is 2.75. The van der Waals surface area contributed by atoms with Gasteiger partial charge in [0.1, 0.15) is 5.75 Å². The smallest absolute Gasteiger partial charge is 0.332 e. The van der Waals surface area contributed by atoms with Crippen LogP contribution in [0.25, 0.3) is 0 Å². The minimum Gasteiger partial charge on any atom is -0.508 e. The van der Waals surface area contributed by atoms with Crippen LogP contribution < -0.4 is 0 Å². The normalized spacial score (nSPS) is 18.3. The largest absolute Gasteiger partial charge is 0.508 e. The van der Waals surface area contributed by atoms with Crippen LogP contribution in [0, 0.1) is 0 Å². The first-order valence-electron chi connectivity index (χ1n) is 6.76. The van der Waals surface area contributed by atoms with Gasteiger partial charge in [0.25, 0.3) is 11.8 Å². The summed E-state index contributed by atoms with van der Waals surface area (Å²) in [6.45, 7) is 1.87. The standard InChI is InChI=1S/C15H18N2O4/c1-4-9-15(10-5-7-11(18)8-6-10)12(19)16(2)14(21)17(3)13(15)20/h5-8,18H,4,9H2,1-3H3. The first-order valence-corrected chi connectivity index (χ1v) is 6.76. The number of carbonyl (C=O) groups excluding carboxylic acids is 3. The highest BCUT2D eigenvalue weighted by molar-refractivity contribution is 6.22. The molecule has 0 aliphatic carbocycles. The van der Waals surface area contributed by atoms with E-state index >= 15 is 0 Å². The predicted molar refractivity (Wildman–Crippen MR) is 75.6 cm³/mol. The molecule has 1 saturated heterocycles. The fourth-order valence-corrected chi connectivity index (χ4v) is 2.79. The lowest BCUT2D eigenvalue weighted by atomic mass is 9.73. The Labute approximate surface area is 123 Å². The first kappa shape index (κ1) is 15.0. The highest BCUT2D eigenvalue weighted by Crippen LogP contribution is 2.37. The van der Waals surface area contributed by atoms with Crippen LogP contribution in [0.2, 0.25) is 0 Å². The molecule has 1 N–H and O–H groups in total. The van der Waals surface area contributed by atoms with Crippen molar-refractivity contribution >= 4 is 17.8 Å². The van der Waals surface area contributed by atoms with Gasteiger partial charge in [-0.3, -0.25) is 19.4 Å². The highest BCUT2D eigenvalue weighted by atomic mass is 16.3. The van der Waals surface area contributed by atoms with Gasteiger partial charge >= 0.3 is 6.03 Å². The van der Waals surface area contributed by atoms with Gasteiger partial charge in [-0.15, -0.1) is 0 Å². The second kappa shape index (κ2) is 5.20. The van der Waals surface area contributed by atoms with E-state index in [0.29, 0.717) is 18.4 Å². The van der Waals surface area contributed by atoms with Crippen LogP contribution in [0.4, 0.5) is 4.79 Å². The molecule has 1 aliphatic heterocycles. The van der Waals surface area contributed by atoms with Crippen molar-refractivity contribution in [3.8, 4) is 5.75 Å². The Morgan fingerprint density at radius 2 is 1.48 bits per heavy atom. The summed E-state index contributed by atoms with van der Waals surface area (Å²) in [6, 6.07) is 5.35. The third-order valence-corrected chi connectivity index (χ3v) is 3.90. The Morgan fingerprint density at radius 3 is 1.90 bits per heavy atom. The average molecular weight is 290 g/mol. The van der Waals surface area contributed by atoms with E-state index in [4.69, 9.17) is 0 Å². The van der Waals surface area contributed by atoms with Crippen LogP contribution in [-0.4, -0.2) is 46.8 Å². The number of hydrogen-bond acceptors (Lipinski definition) is 4. The van der Waals surface area contributed by atoms with Crippen molar-refractivity contribution in [2.24, 2.45) is 0 Å². The van der Waals surface area contributed by atoms with Crippen molar-refractivity contribution in [3.63, 3.8) is 0 Å². The van der Waals surface area contributed by atoms with Gasteiger partial charge in [0.2, 0.25) is 0 Å². The summed E-state index contributed by atoms with van der Waals surface area (Å²) in [5, 5.41) is 9.40. The summed E-state index contributed by atoms with van der Waals surface area (Å²) < 4.78 is 0. The fraction of sp³-hybridized carbons (Fsp3) is 0.400. The summed E-state index contributed by atoms with van der Waals surface area (Å²) in [5.41, 5.74) is -0.914. The van der Waals surface area contributed by atoms with Crippen molar-refractivity contribution in [1.82, 2.24) is 9.80 Å². The predicted octanol–water partition coefficient (Wildman–Crippen LogP) is 1.48. The number of phenols is 1. The number of likely N-dealkylation sites (N-methyl/N-ethyl adjacent to an activating group) is 2. The molecule has 1 aromatic carbocycles. The zero-order valence-electron chi connectivity index (χ0n) is 12.3. The molecule has 0 unspecified atom stereocenters. The SMILES string of the molecule is CCCC1(c2ccc(O)cc2)C(=O)N(C)C(=O)N(C)C1=O. The van der Waals surface area contributed by atoms with E-state index in [-0.39, 0.29) is 5.75 Å². The van der Waals surface area contributed by atoms with Crippen LogP contribution in [0.3, 0.4) is 0 Å². The minimum absolute atomic E-state index is 0.0545. The minimum atomic E-state index is -1.40. The van der Waals surface area contributed by atoms with Gasteiger partial charge in [0, 0.05) is 14.1 Å². The Kier molecular flexibility index (Phi) is 3.72. The first-order chi connectivity index (χ1) is 9.86. The van der Waals surface area contributed by atoms with Gasteiger partial charge in [-0.1, -0.05) is 25.5 Å². The molecular formula is C15H18N2O4. The molecule has 6 heteroatoms. The molecule has 0 bridgehead atoms. The quantitative estimate of drug-likeness (QED) is 0.855. The summed E-state index contributed by atoms with van der Waals surface area (Å²) in [6.07, 6.45) is 0.908. The van der Waals surface area contributed by atoms with Gasteiger partial charge in [0.15, 0.2) is 5.41 Å². The number of nitrogens with zero attached hydrogens (tertiary/aromatic N) is 2. The maximum atomic E-state index is 12.7. The monoisotopic (exact) mass is 290 g/mol. The zero-order chi connectivity index (χ0) is 15.8. The second-order valence-electron chi connectivity index (χ2n) is 5.21. The summed E-state index contributed by atoms with van der Waals surface area (Å²) in [4.78, 5) is 39.2. The van der Waals surface area contributed by atoms with Gasteiger partial charge in [0.05, 0.1) is 0 Å². The molecule has 112 valence electrons. The Bertz CT molecular complexity index is 570. The maximum absolute atomic E-state index is 12.7. The number of rotatable bonds is 3. The molecule has 2 rings (SSSR count). The van der Waals surface area contributed by atoms with E-state index in [0.717, 1.165) is 9.80 Å². The van der Waals surface area contributed by atoms with Crippen molar-refractivity contribution in [3.05, 3.63) is 29.8 Å². The van der Waals surface area contributed by atoms with Crippen molar-refractivity contribution in [2.45, 2.75) is 25.2 Å². The molecule has 21 heavy (non-hydrogen) atoms. The van der Waals surface area contributed by atoms with E-state index in [1.165, 1.54) is 26.2 Å². The maximum Gasteiger partial charge on any atom is 0.332 e. The fourth-order valence-electron chi connectivity index (χ4n) is 2.79. The molecule has 6 nitrogen and oxygen atoms in total. The van der Waals surface area contributed by atoms with Crippen LogP contribution >= 0.6 is 0 Å². The molecule has 0 spiro atoms. The molecule has 0 radical (unpaired) electrons. The lowest BCUT2D eigenvalue weighted by molar-refractivity contribution is -0.151. The third kappa shape index (κ3) is 2.07. The molecule has 0 aromatic heterocycles. The van der Waals surface area contributed by atoms with Gasteiger partial charge in [-0.2, -0.15) is 0 Å². The number of carbonyl (C=O) groups is 3. The molecule has 1 aliphatic rings. The summed E-state index contributed by atoms with van der Waals surface area (Å²) >= 11 is 0. The Hall–Kier alpha value is -2.37. The molecule has 0 saturated carbocycles. The number of benzene rings is 1. The van der Waals surface area contributed by atoms with Crippen LogP contribution in [0.5, 0.6) is 5.75 Å². The van der Waals surface area contributed by atoms with Crippen molar-refractivity contribution in [1.29, 1.82) is 0 Å². The zero-order valence-corrected chi connectivity index (χ0v) is 12.3. The van der Waals surface area contributed by atoms with E-state index in [9.17, 15) is 19.5 Å². The van der Waals surface area contributed by atoms with Gasteiger partial charge in [-0.05, 0) is 24.1 Å². The number of urea groups is 1. The molecule has 1 aromatic rings. The highest BCUT2D eigenvalue weighted by Gasteiger charge is 2.55. The van der Waals surface area contributed by atoms with Crippen molar-refractivity contribution in [2.75, 3.05) is 14.1 Å². The Balaban J connectivity index is 2.64. The number of amides is 4. The molecule has 0 atom stereocenters. The van der Waals surface area contributed by atoms with E-state index in [1.54, 1.807) is 12.1 Å². The molecule has 1 heterocycles. The second-order valence-corrected chi connectivity index (χ2v) is 5.21. The number of imide groups is 2. The van der Waals surface area contributed by atoms with E-state index in [1.807, 2.05) is 6.92 Å². The van der Waals surface area contributed by atoms with Crippen LogP contribution in [-0.2, 0) is 15.0 Å². The number of aromatic hydroxyl groups is 1. The van der Waals surface area contributed by atoms with Crippen molar-refractivity contribution < 1.29 is 19.5 Å². The number of barbiturate groups is 1. The van der Waals surface area contributed by atoms with Gasteiger partial charge in [-0.25, -0.2) is 4.79 Å². The molecular weight excluding hydrogens is 272 g/mol. The lowest BCUT2D eigenvalue weighted by Crippen LogP contribution is -2.65. The van der Waals surface area contributed by atoms with Crippen LogP contribution in [0.15, 0.2) is 24.3 Å². The topological polar surface area (TPSA) is 77.9 Å². The third-order valence-electron chi connectivity index (χ3n) is 3.90.